The number of hydrogen-bond donors (Lipinski definition) is 1. The zero-order chi connectivity index (χ0) is 19.9. The smallest absolute Gasteiger partial charge is 0.328 e. The molecule has 0 radical (unpaired) electrons. The van der Waals surface area contributed by atoms with Gasteiger partial charge < -0.3 is 15.2 Å². The number of carbonyl (C=O) groups excluding carboxylic acids is 1. The molecule has 0 aliphatic rings. The molecule has 0 saturated heterocycles. The van der Waals surface area contributed by atoms with E-state index in [-0.39, 0.29) is 22.2 Å². The summed E-state index contributed by atoms with van der Waals surface area (Å²) < 4.78 is 0. The molecule has 0 aliphatic heterocycles. The maximum atomic E-state index is 12.5. The van der Waals surface area contributed by atoms with Crippen LogP contribution in [0.5, 0.6) is 0 Å². The second-order valence-corrected chi connectivity index (χ2v) is 6.01. The fourth-order valence-electron chi connectivity index (χ4n) is 2.57. The third-order valence-corrected chi connectivity index (χ3v) is 3.99. The van der Waals surface area contributed by atoms with Gasteiger partial charge in [-0.25, -0.2) is 4.79 Å². The summed E-state index contributed by atoms with van der Waals surface area (Å²) in [6, 6.07) is 20.3. The molecule has 29 heavy (non-hydrogen) atoms. The minimum absolute atomic E-state index is 0. The van der Waals surface area contributed by atoms with Crippen LogP contribution in [-0.4, -0.2) is 33.7 Å². The molecule has 1 unspecified atom stereocenters. The van der Waals surface area contributed by atoms with Crippen molar-refractivity contribution in [1.82, 2.24) is 4.98 Å². The molecule has 0 aliphatic carbocycles. The molecule has 150 valence electrons. The van der Waals surface area contributed by atoms with Gasteiger partial charge in [-0.3, -0.25) is 9.98 Å². The van der Waals surface area contributed by atoms with E-state index in [1.807, 2.05) is 30.3 Å². The van der Waals surface area contributed by atoms with Crippen LogP contribution in [-0.2, 0) is 21.3 Å². The number of pyridine rings is 1. The average Bonchev–Trinajstić information content (AvgIpc) is 2.73. The van der Waals surface area contributed by atoms with Crippen LogP contribution in [0.1, 0.15) is 28.5 Å². The summed E-state index contributed by atoms with van der Waals surface area (Å²) in [7, 11) is 0. The van der Waals surface area contributed by atoms with E-state index in [1.165, 1.54) is 13.1 Å². The van der Waals surface area contributed by atoms with Gasteiger partial charge in [-0.15, -0.1) is 5.69 Å². The molecule has 0 bridgehead atoms. The van der Waals surface area contributed by atoms with Gasteiger partial charge in [0.25, 0.3) is 0 Å². The summed E-state index contributed by atoms with van der Waals surface area (Å²) >= 11 is 0. The SMILES string of the molecule is CC(N=C(c1ccccc1)c1ccccc1[N-]C(=O)c1ccccn1)C(=O)O.[Ni]. The van der Waals surface area contributed by atoms with Crippen molar-refractivity contribution in [3.8, 4) is 0 Å². The second-order valence-electron chi connectivity index (χ2n) is 6.01. The molecule has 1 heterocycles. The number of amides is 1. The minimum Gasteiger partial charge on any atom is -0.621 e. The number of para-hydroxylation sites is 1. The Morgan fingerprint density at radius 1 is 0.966 bits per heavy atom. The van der Waals surface area contributed by atoms with Crippen molar-refractivity contribution >= 4 is 23.3 Å². The predicted octanol–water partition coefficient (Wildman–Crippen LogP) is 4.24. The third kappa shape index (κ3) is 5.59. The molecule has 0 saturated carbocycles. The Morgan fingerprint density at radius 3 is 2.28 bits per heavy atom. The molecule has 3 rings (SSSR count). The Kier molecular flexibility index (Phi) is 7.81. The van der Waals surface area contributed by atoms with Gasteiger partial charge in [-0.05, 0) is 24.6 Å². The Bertz CT molecular complexity index is 1010. The summed E-state index contributed by atoms with van der Waals surface area (Å²) in [5.74, 6) is -1.51. The molecule has 1 N–H and O–H groups in total. The van der Waals surface area contributed by atoms with E-state index >= 15 is 0 Å². The Morgan fingerprint density at radius 2 is 1.62 bits per heavy atom. The molecular formula is C22H18N3NiO3-. The van der Waals surface area contributed by atoms with Crippen molar-refractivity contribution in [2.45, 2.75) is 13.0 Å². The van der Waals surface area contributed by atoms with Crippen LogP contribution in [0.4, 0.5) is 5.69 Å². The minimum atomic E-state index is -1.03. The first-order valence-electron chi connectivity index (χ1n) is 8.69. The van der Waals surface area contributed by atoms with Crippen LogP contribution in [0.2, 0.25) is 0 Å². The topological polar surface area (TPSA) is 93.7 Å². The Hall–Kier alpha value is -3.31. The van der Waals surface area contributed by atoms with Crippen molar-refractivity contribution in [3.05, 3.63) is 101 Å². The number of rotatable bonds is 6. The molecule has 3 aromatic rings. The van der Waals surface area contributed by atoms with Crippen LogP contribution in [0.15, 0.2) is 84.0 Å². The number of hydrogen-bond acceptors (Lipinski definition) is 4. The standard InChI is InChI=1S/C22H19N3O3.Ni/c1-15(22(27)28)24-20(16-9-3-2-4-10-16)17-11-5-6-12-18(17)25-21(26)19-13-7-8-14-23-19;/h2-15H,1H3,(H2,24,25,26,27,28);/p-1. The molecule has 6 nitrogen and oxygen atoms in total. The fourth-order valence-corrected chi connectivity index (χ4v) is 2.57. The summed E-state index contributed by atoms with van der Waals surface area (Å²) in [5, 5.41) is 13.5. The molecule has 1 atom stereocenters. The van der Waals surface area contributed by atoms with E-state index in [9.17, 15) is 14.7 Å². The summed E-state index contributed by atoms with van der Waals surface area (Å²) in [6.07, 6.45) is 1.53. The first-order valence-corrected chi connectivity index (χ1v) is 8.69. The van der Waals surface area contributed by atoms with E-state index in [0.29, 0.717) is 17.0 Å². The molecule has 1 aromatic heterocycles. The van der Waals surface area contributed by atoms with Crippen LogP contribution in [0.25, 0.3) is 5.32 Å². The van der Waals surface area contributed by atoms with Gasteiger partial charge in [0.2, 0.25) is 0 Å². The molecule has 7 heteroatoms. The monoisotopic (exact) mass is 430 g/mol. The molecule has 2 aromatic carbocycles. The van der Waals surface area contributed by atoms with Gasteiger partial charge in [0.15, 0.2) is 0 Å². The number of carboxylic acid groups (broad SMARTS) is 1. The molecule has 0 fully saturated rings. The molecule has 0 spiro atoms. The number of benzene rings is 2. The van der Waals surface area contributed by atoms with E-state index < -0.39 is 17.9 Å². The van der Waals surface area contributed by atoms with Crippen molar-refractivity contribution in [2.24, 2.45) is 4.99 Å². The second kappa shape index (κ2) is 10.3. The van der Waals surface area contributed by atoms with Crippen molar-refractivity contribution in [2.75, 3.05) is 0 Å². The quantitative estimate of drug-likeness (QED) is 0.467. The first-order chi connectivity index (χ1) is 13.6. The molecular weight excluding hydrogens is 413 g/mol. The van der Waals surface area contributed by atoms with Gasteiger partial charge in [0.1, 0.15) is 11.9 Å². The first kappa shape index (κ1) is 22.0. The van der Waals surface area contributed by atoms with E-state index in [0.717, 1.165) is 5.56 Å². The zero-order valence-corrected chi connectivity index (χ0v) is 16.5. The predicted molar refractivity (Wildman–Crippen MR) is 107 cm³/mol. The number of aromatic nitrogens is 1. The summed E-state index contributed by atoms with van der Waals surface area (Å²) in [5.41, 5.74) is 2.41. The van der Waals surface area contributed by atoms with Crippen molar-refractivity contribution < 1.29 is 31.2 Å². The maximum absolute atomic E-state index is 12.5. The number of carbonyl (C=O) groups is 2. The van der Waals surface area contributed by atoms with E-state index in [2.05, 4.69) is 15.3 Å². The summed E-state index contributed by atoms with van der Waals surface area (Å²) in [4.78, 5) is 32.3. The average molecular weight is 431 g/mol. The van der Waals surface area contributed by atoms with Crippen LogP contribution in [0, 0.1) is 0 Å². The zero-order valence-electron chi connectivity index (χ0n) is 15.5. The summed E-state index contributed by atoms with van der Waals surface area (Å²) in [6.45, 7) is 1.50. The largest absolute Gasteiger partial charge is 0.621 e. The van der Waals surface area contributed by atoms with Gasteiger partial charge >= 0.3 is 5.97 Å². The fraction of sp³-hybridized carbons (Fsp3) is 0.0909. The van der Waals surface area contributed by atoms with Gasteiger partial charge in [-0.1, -0.05) is 60.7 Å². The van der Waals surface area contributed by atoms with Gasteiger partial charge in [-0.2, -0.15) is 0 Å². The van der Waals surface area contributed by atoms with Crippen molar-refractivity contribution in [1.29, 1.82) is 0 Å². The number of aliphatic carboxylic acids is 1. The van der Waals surface area contributed by atoms with Crippen LogP contribution in [0.3, 0.4) is 0 Å². The van der Waals surface area contributed by atoms with E-state index in [1.54, 1.807) is 42.5 Å². The Balaban J connectivity index is 0.00000300. The Labute approximate surface area is 178 Å². The van der Waals surface area contributed by atoms with Crippen LogP contribution >= 0.6 is 0 Å². The number of nitrogens with zero attached hydrogens (tertiary/aromatic N) is 3. The van der Waals surface area contributed by atoms with E-state index in [4.69, 9.17) is 0 Å². The maximum Gasteiger partial charge on any atom is 0.328 e. The van der Waals surface area contributed by atoms with Gasteiger partial charge in [0.05, 0.1) is 11.4 Å². The third-order valence-electron chi connectivity index (χ3n) is 3.99. The van der Waals surface area contributed by atoms with Gasteiger partial charge in [0, 0.05) is 28.3 Å². The molecule has 1 amide bonds. The van der Waals surface area contributed by atoms with Crippen molar-refractivity contribution in [3.63, 3.8) is 0 Å². The number of carboxylic acids is 1. The number of aliphatic imine (C=N–C) groups is 1. The van der Waals surface area contributed by atoms with Crippen LogP contribution < -0.4 is 0 Å². The normalized spacial score (nSPS) is 11.8.